The van der Waals surface area contributed by atoms with E-state index >= 15 is 0 Å². The Kier molecular flexibility index (Phi) is 5.45. The monoisotopic (exact) mass is 342 g/mol. The smallest absolute Gasteiger partial charge is 0.352 e. The van der Waals surface area contributed by atoms with Crippen LogP contribution in [0.4, 0.5) is 8.78 Å². The maximum absolute atomic E-state index is 14.5. The molecular formula is C17H24F2N2O3. The molecule has 1 aromatic carbocycles. The van der Waals surface area contributed by atoms with Gasteiger partial charge in [-0.2, -0.15) is 8.78 Å². The summed E-state index contributed by atoms with van der Waals surface area (Å²) in [5, 5.41) is 19.5. The normalized spacial score (nSPS) is 16.8. The highest BCUT2D eigenvalue weighted by Crippen LogP contribution is 2.45. The van der Waals surface area contributed by atoms with Crippen molar-refractivity contribution >= 4 is 5.91 Å². The Morgan fingerprint density at radius 3 is 2.46 bits per heavy atom. The van der Waals surface area contributed by atoms with Crippen LogP contribution in [-0.4, -0.2) is 64.6 Å². The molecule has 0 aromatic heterocycles. The Balaban J connectivity index is 2.19. The Morgan fingerprint density at radius 1 is 1.29 bits per heavy atom. The lowest BCUT2D eigenvalue weighted by Crippen LogP contribution is -2.61. The Hall–Kier alpha value is -1.73. The molecule has 1 fully saturated rings. The molecule has 1 aliphatic carbocycles. The SMILES string of the molecule is CN(C)CCN(Cc1cccc(O)c1)C(=O)C(F)(F)C1(O)CCC1. The molecule has 1 saturated carbocycles. The van der Waals surface area contributed by atoms with E-state index in [1.165, 1.54) is 12.1 Å². The van der Waals surface area contributed by atoms with Gasteiger partial charge >= 0.3 is 5.92 Å². The molecule has 2 rings (SSSR count). The maximum atomic E-state index is 14.5. The number of aliphatic hydroxyl groups is 1. The van der Waals surface area contributed by atoms with Gasteiger partial charge in [0.15, 0.2) is 0 Å². The number of phenols is 1. The third kappa shape index (κ3) is 3.84. The molecule has 24 heavy (non-hydrogen) atoms. The molecule has 0 atom stereocenters. The van der Waals surface area contributed by atoms with E-state index in [4.69, 9.17) is 0 Å². The molecule has 0 unspecified atom stereocenters. The van der Waals surface area contributed by atoms with Gasteiger partial charge in [0.1, 0.15) is 11.4 Å². The number of alkyl halides is 2. The van der Waals surface area contributed by atoms with Gasteiger partial charge in [-0.1, -0.05) is 12.1 Å². The second-order valence-corrected chi connectivity index (χ2v) is 6.66. The van der Waals surface area contributed by atoms with Crippen LogP contribution < -0.4 is 0 Å². The average Bonchev–Trinajstić information content (AvgIpc) is 2.48. The van der Waals surface area contributed by atoms with Crippen LogP contribution in [0.15, 0.2) is 24.3 Å². The van der Waals surface area contributed by atoms with Gasteiger partial charge in [-0.25, -0.2) is 0 Å². The lowest BCUT2D eigenvalue weighted by molar-refractivity contribution is -0.224. The van der Waals surface area contributed by atoms with Crippen molar-refractivity contribution in [2.75, 3.05) is 27.2 Å². The minimum absolute atomic E-state index is 0.0110. The summed E-state index contributed by atoms with van der Waals surface area (Å²) in [4.78, 5) is 15.3. The quantitative estimate of drug-likeness (QED) is 0.794. The number of rotatable bonds is 7. The van der Waals surface area contributed by atoms with Crippen LogP contribution in [0.1, 0.15) is 24.8 Å². The van der Waals surface area contributed by atoms with Crippen LogP contribution in [0, 0.1) is 0 Å². The third-order valence-electron chi connectivity index (χ3n) is 4.42. The van der Waals surface area contributed by atoms with Crippen LogP contribution in [-0.2, 0) is 11.3 Å². The molecule has 1 aromatic rings. The molecule has 0 heterocycles. The maximum Gasteiger partial charge on any atom is 0.352 e. The summed E-state index contributed by atoms with van der Waals surface area (Å²) in [5.41, 5.74) is -1.68. The molecule has 2 N–H and O–H groups in total. The predicted molar refractivity (Wildman–Crippen MR) is 85.8 cm³/mol. The van der Waals surface area contributed by atoms with Crippen LogP contribution in [0.25, 0.3) is 0 Å². The van der Waals surface area contributed by atoms with Gasteiger partial charge in [0, 0.05) is 19.6 Å². The lowest BCUT2D eigenvalue weighted by atomic mass is 9.75. The topological polar surface area (TPSA) is 64.0 Å². The van der Waals surface area contributed by atoms with Crippen molar-refractivity contribution in [3.63, 3.8) is 0 Å². The van der Waals surface area contributed by atoms with E-state index in [1.807, 2.05) is 0 Å². The number of benzene rings is 1. The van der Waals surface area contributed by atoms with E-state index in [2.05, 4.69) is 0 Å². The Bertz CT molecular complexity index is 589. The highest BCUT2D eigenvalue weighted by atomic mass is 19.3. The van der Waals surface area contributed by atoms with Crippen molar-refractivity contribution in [1.29, 1.82) is 0 Å². The van der Waals surface area contributed by atoms with Gasteiger partial charge in [-0.3, -0.25) is 4.79 Å². The van der Waals surface area contributed by atoms with Crippen LogP contribution in [0.3, 0.4) is 0 Å². The van der Waals surface area contributed by atoms with Crippen molar-refractivity contribution in [1.82, 2.24) is 9.80 Å². The van der Waals surface area contributed by atoms with Gasteiger partial charge in [0.25, 0.3) is 5.91 Å². The number of amides is 1. The first kappa shape index (κ1) is 18.6. The molecule has 7 heteroatoms. The summed E-state index contributed by atoms with van der Waals surface area (Å²) in [6.07, 6.45) is 0.350. The zero-order valence-electron chi connectivity index (χ0n) is 14.0. The predicted octanol–water partition coefficient (Wildman–Crippen LogP) is 1.83. The molecule has 0 aliphatic heterocycles. The highest BCUT2D eigenvalue weighted by molar-refractivity contribution is 5.85. The van der Waals surface area contributed by atoms with Crippen LogP contribution >= 0.6 is 0 Å². The fourth-order valence-corrected chi connectivity index (χ4v) is 2.67. The van der Waals surface area contributed by atoms with Gasteiger partial charge in [-0.05, 0) is 51.1 Å². The molecule has 0 radical (unpaired) electrons. The summed E-state index contributed by atoms with van der Waals surface area (Å²) in [6.45, 7) is 0.471. The number of aromatic hydroxyl groups is 1. The van der Waals surface area contributed by atoms with Gasteiger partial charge in [-0.15, -0.1) is 0 Å². The number of halogens is 2. The van der Waals surface area contributed by atoms with Gasteiger partial charge in [0.2, 0.25) is 0 Å². The first-order chi connectivity index (χ1) is 11.2. The van der Waals surface area contributed by atoms with E-state index in [1.54, 1.807) is 31.1 Å². The fourth-order valence-electron chi connectivity index (χ4n) is 2.67. The van der Waals surface area contributed by atoms with Crippen molar-refractivity contribution in [2.45, 2.75) is 37.3 Å². The number of carbonyl (C=O) groups is 1. The average molecular weight is 342 g/mol. The third-order valence-corrected chi connectivity index (χ3v) is 4.42. The first-order valence-electron chi connectivity index (χ1n) is 7.98. The lowest BCUT2D eigenvalue weighted by Gasteiger charge is -2.43. The number of carbonyl (C=O) groups excluding carboxylic acids is 1. The molecule has 134 valence electrons. The van der Waals surface area contributed by atoms with E-state index < -0.39 is 17.4 Å². The van der Waals surface area contributed by atoms with Crippen LogP contribution in [0.5, 0.6) is 5.75 Å². The Morgan fingerprint density at radius 2 is 1.96 bits per heavy atom. The summed E-state index contributed by atoms with van der Waals surface area (Å²) in [7, 11) is 3.57. The molecule has 5 nitrogen and oxygen atoms in total. The molecule has 1 aliphatic rings. The minimum atomic E-state index is -3.81. The number of hydrogen-bond acceptors (Lipinski definition) is 4. The van der Waals surface area contributed by atoms with E-state index in [0.717, 1.165) is 4.90 Å². The van der Waals surface area contributed by atoms with Crippen molar-refractivity contribution < 1.29 is 23.8 Å². The minimum Gasteiger partial charge on any atom is -0.508 e. The van der Waals surface area contributed by atoms with Crippen LogP contribution in [0.2, 0.25) is 0 Å². The number of nitrogens with zero attached hydrogens (tertiary/aromatic N) is 2. The van der Waals surface area contributed by atoms with Gasteiger partial charge < -0.3 is 20.0 Å². The largest absolute Gasteiger partial charge is 0.508 e. The number of phenolic OH excluding ortho intramolecular Hbond substituents is 1. The first-order valence-corrected chi connectivity index (χ1v) is 7.98. The fraction of sp³-hybridized carbons (Fsp3) is 0.588. The molecule has 0 bridgehead atoms. The van der Waals surface area contributed by atoms with E-state index in [-0.39, 0.29) is 31.7 Å². The molecule has 0 saturated heterocycles. The zero-order valence-corrected chi connectivity index (χ0v) is 14.0. The second kappa shape index (κ2) is 7.03. The Labute approximate surface area is 140 Å². The summed E-state index contributed by atoms with van der Waals surface area (Å²) >= 11 is 0. The molecule has 1 amide bonds. The number of hydrogen-bond donors (Lipinski definition) is 2. The van der Waals surface area contributed by atoms with Gasteiger partial charge in [0.05, 0.1) is 0 Å². The van der Waals surface area contributed by atoms with E-state index in [0.29, 0.717) is 18.5 Å². The van der Waals surface area contributed by atoms with Crippen molar-refractivity contribution in [2.24, 2.45) is 0 Å². The number of likely N-dealkylation sites (N-methyl/N-ethyl adjacent to an activating group) is 1. The van der Waals surface area contributed by atoms with Crippen molar-refractivity contribution in [3.8, 4) is 5.75 Å². The van der Waals surface area contributed by atoms with Crippen molar-refractivity contribution in [3.05, 3.63) is 29.8 Å². The summed E-state index contributed by atoms with van der Waals surface area (Å²) in [6, 6.07) is 6.16. The highest BCUT2D eigenvalue weighted by Gasteiger charge is 2.62. The molecule has 0 spiro atoms. The second-order valence-electron chi connectivity index (χ2n) is 6.66. The summed E-state index contributed by atoms with van der Waals surface area (Å²) in [5.74, 6) is -5.17. The molecular weight excluding hydrogens is 318 g/mol. The zero-order chi connectivity index (χ0) is 18.0. The standard InChI is InChI=1S/C17H24F2N2O3/c1-20(2)9-10-21(12-13-5-3-6-14(22)11-13)15(23)17(18,19)16(24)7-4-8-16/h3,5-6,11,22,24H,4,7-10,12H2,1-2H3. The van der Waals surface area contributed by atoms with E-state index in [9.17, 15) is 23.8 Å². The summed E-state index contributed by atoms with van der Waals surface area (Å²) < 4.78 is 29.0.